The second-order valence-electron chi connectivity index (χ2n) is 4.35. The predicted molar refractivity (Wildman–Crippen MR) is 71.4 cm³/mol. The van der Waals surface area contributed by atoms with E-state index in [0.29, 0.717) is 5.69 Å². The van der Waals surface area contributed by atoms with Crippen LogP contribution < -0.4 is 16.4 Å². The molecule has 0 heterocycles. The number of hydrogen-bond donors (Lipinski definition) is 3. The van der Waals surface area contributed by atoms with Gasteiger partial charge in [0.2, 0.25) is 0 Å². The Kier molecular flexibility index (Phi) is 5.29. The molecular weight excluding hydrogens is 249 g/mol. The molecule has 0 spiro atoms. The molecule has 1 aromatic carbocycles. The highest BCUT2D eigenvalue weighted by Gasteiger charge is 2.11. The summed E-state index contributed by atoms with van der Waals surface area (Å²) in [4.78, 5) is 22.6. The highest BCUT2D eigenvalue weighted by molar-refractivity contribution is 5.96. The van der Waals surface area contributed by atoms with Crippen LogP contribution in [0.5, 0.6) is 0 Å². The van der Waals surface area contributed by atoms with Gasteiger partial charge in [-0.3, -0.25) is 4.79 Å². The lowest BCUT2D eigenvalue weighted by atomic mass is 10.2. The van der Waals surface area contributed by atoms with E-state index in [2.05, 4.69) is 10.6 Å². The zero-order chi connectivity index (χ0) is 14.4. The SMILES string of the molecule is CCC[C@@H](C)NC(=O)Nc1ccc(F)c(C(N)=O)c1. The van der Waals surface area contributed by atoms with Crippen LogP contribution in [-0.4, -0.2) is 18.0 Å². The highest BCUT2D eigenvalue weighted by atomic mass is 19.1. The molecule has 0 aliphatic heterocycles. The van der Waals surface area contributed by atoms with E-state index < -0.39 is 17.8 Å². The van der Waals surface area contributed by atoms with E-state index in [1.54, 1.807) is 0 Å². The second kappa shape index (κ2) is 6.72. The average molecular weight is 267 g/mol. The Hall–Kier alpha value is -2.11. The number of amides is 3. The van der Waals surface area contributed by atoms with Gasteiger partial charge in [-0.2, -0.15) is 0 Å². The van der Waals surface area contributed by atoms with Gasteiger partial charge in [-0.05, 0) is 31.5 Å². The van der Waals surface area contributed by atoms with Gasteiger partial charge < -0.3 is 16.4 Å². The lowest BCUT2D eigenvalue weighted by Gasteiger charge is -2.14. The van der Waals surface area contributed by atoms with Crippen molar-refractivity contribution in [2.24, 2.45) is 5.73 Å². The Bertz CT molecular complexity index is 477. The van der Waals surface area contributed by atoms with Gasteiger partial charge in [-0.15, -0.1) is 0 Å². The van der Waals surface area contributed by atoms with Crippen molar-refractivity contribution in [2.75, 3.05) is 5.32 Å². The number of nitrogens with one attached hydrogen (secondary N) is 2. The van der Waals surface area contributed by atoms with Crippen molar-refractivity contribution < 1.29 is 14.0 Å². The standard InChI is InChI=1S/C13H18FN3O2/c1-3-4-8(2)16-13(19)17-9-5-6-11(14)10(7-9)12(15)18/h5-8H,3-4H2,1-2H3,(H2,15,18)(H2,16,17,19)/t8-/m1/s1. The molecule has 0 aromatic heterocycles. The number of rotatable bonds is 5. The van der Waals surface area contributed by atoms with Crippen molar-refractivity contribution in [3.05, 3.63) is 29.6 Å². The lowest BCUT2D eigenvalue weighted by Crippen LogP contribution is -2.36. The molecule has 0 aliphatic carbocycles. The van der Waals surface area contributed by atoms with E-state index in [1.807, 2.05) is 13.8 Å². The number of anilines is 1. The zero-order valence-corrected chi connectivity index (χ0v) is 11.0. The summed E-state index contributed by atoms with van der Waals surface area (Å²) in [5, 5.41) is 5.26. The van der Waals surface area contributed by atoms with Crippen molar-refractivity contribution in [1.82, 2.24) is 5.32 Å². The minimum absolute atomic E-state index is 0.0426. The first kappa shape index (κ1) is 14.9. The van der Waals surface area contributed by atoms with Gasteiger partial charge in [0.05, 0.1) is 5.56 Å². The normalized spacial score (nSPS) is 11.7. The van der Waals surface area contributed by atoms with Crippen molar-refractivity contribution in [2.45, 2.75) is 32.7 Å². The molecular formula is C13H18FN3O2. The van der Waals surface area contributed by atoms with Crippen LogP contribution in [-0.2, 0) is 0 Å². The Morgan fingerprint density at radius 3 is 2.68 bits per heavy atom. The number of carbonyl (C=O) groups is 2. The summed E-state index contributed by atoms with van der Waals surface area (Å²) in [6, 6.07) is 3.31. The fraction of sp³-hybridized carbons (Fsp3) is 0.385. The van der Waals surface area contributed by atoms with Crippen LogP contribution >= 0.6 is 0 Å². The van der Waals surface area contributed by atoms with Gasteiger partial charge in [0.1, 0.15) is 5.82 Å². The molecule has 6 heteroatoms. The summed E-state index contributed by atoms with van der Waals surface area (Å²) in [5.41, 5.74) is 5.09. The quantitative estimate of drug-likeness (QED) is 0.764. The monoisotopic (exact) mass is 267 g/mol. The molecule has 0 saturated heterocycles. The molecule has 19 heavy (non-hydrogen) atoms. The smallest absolute Gasteiger partial charge is 0.319 e. The fourth-order valence-corrected chi connectivity index (χ4v) is 1.69. The maximum atomic E-state index is 13.2. The van der Waals surface area contributed by atoms with Gasteiger partial charge in [0, 0.05) is 11.7 Å². The van der Waals surface area contributed by atoms with Crippen molar-refractivity contribution >= 4 is 17.6 Å². The minimum Gasteiger partial charge on any atom is -0.366 e. The molecule has 0 unspecified atom stereocenters. The Morgan fingerprint density at radius 1 is 1.42 bits per heavy atom. The van der Waals surface area contributed by atoms with Gasteiger partial charge in [-0.1, -0.05) is 13.3 Å². The average Bonchev–Trinajstić information content (AvgIpc) is 2.31. The third kappa shape index (κ3) is 4.57. The van der Waals surface area contributed by atoms with Crippen LogP contribution in [0.2, 0.25) is 0 Å². The van der Waals surface area contributed by atoms with Crippen LogP contribution in [0.1, 0.15) is 37.0 Å². The molecule has 5 nitrogen and oxygen atoms in total. The topological polar surface area (TPSA) is 84.2 Å². The van der Waals surface area contributed by atoms with Crippen molar-refractivity contribution in [3.63, 3.8) is 0 Å². The first-order chi connectivity index (χ1) is 8.93. The largest absolute Gasteiger partial charge is 0.366 e. The molecule has 1 aromatic rings. The molecule has 4 N–H and O–H groups in total. The number of nitrogens with two attached hydrogens (primary N) is 1. The van der Waals surface area contributed by atoms with Crippen LogP contribution in [0.3, 0.4) is 0 Å². The highest BCUT2D eigenvalue weighted by Crippen LogP contribution is 2.14. The third-order valence-corrected chi connectivity index (χ3v) is 2.59. The molecule has 0 radical (unpaired) electrons. The maximum absolute atomic E-state index is 13.2. The van der Waals surface area contributed by atoms with E-state index in [9.17, 15) is 14.0 Å². The molecule has 3 amide bonds. The first-order valence-corrected chi connectivity index (χ1v) is 6.11. The number of hydrogen-bond acceptors (Lipinski definition) is 2. The van der Waals surface area contributed by atoms with Crippen LogP contribution in [0.25, 0.3) is 0 Å². The summed E-state index contributed by atoms with van der Waals surface area (Å²) in [6.07, 6.45) is 1.83. The number of carbonyl (C=O) groups excluding carboxylic acids is 2. The molecule has 0 bridgehead atoms. The van der Waals surface area contributed by atoms with Crippen LogP contribution in [0.4, 0.5) is 14.9 Å². The van der Waals surface area contributed by atoms with Crippen LogP contribution in [0, 0.1) is 5.82 Å². The van der Waals surface area contributed by atoms with Crippen LogP contribution in [0.15, 0.2) is 18.2 Å². The van der Waals surface area contributed by atoms with Gasteiger partial charge in [-0.25, -0.2) is 9.18 Å². The summed E-state index contributed by atoms with van der Waals surface area (Å²) in [6.45, 7) is 3.91. The third-order valence-electron chi connectivity index (χ3n) is 2.59. The van der Waals surface area contributed by atoms with E-state index >= 15 is 0 Å². The Balaban J connectivity index is 2.69. The number of primary amides is 1. The second-order valence-corrected chi connectivity index (χ2v) is 4.35. The number of urea groups is 1. The maximum Gasteiger partial charge on any atom is 0.319 e. The van der Waals surface area contributed by atoms with Crippen molar-refractivity contribution in [3.8, 4) is 0 Å². The molecule has 0 saturated carbocycles. The van der Waals surface area contributed by atoms with Gasteiger partial charge in [0.25, 0.3) is 5.91 Å². The fourth-order valence-electron chi connectivity index (χ4n) is 1.69. The molecule has 1 atom stereocenters. The van der Waals surface area contributed by atoms with E-state index in [-0.39, 0.29) is 11.6 Å². The summed E-state index contributed by atoms with van der Waals surface area (Å²) < 4.78 is 13.2. The summed E-state index contributed by atoms with van der Waals surface area (Å²) in [5.74, 6) is -1.58. The predicted octanol–water partition coefficient (Wildman–Crippen LogP) is 2.23. The summed E-state index contributed by atoms with van der Waals surface area (Å²) >= 11 is 0. The first-order valence-electron chi connectivity index (χ1n) is 6.11. The Labute approximate surface area is 111 Å². The number of benzene rings is 1. The van der Waals surface area contributed by atoms with E-state index in [4.69, 9.17) is 5.73 Å². The molecule has 104 valence electrons. The van der Waals surface area contributed by atoms with E-state index in [0.717, 1.165) is 18.9 Å². The van der Waals surface area contributed by atoms with Gasteiger partial charge >= 0.3 is 6.03 Å². The zero-order valence-electron chi connectivity index (χ0n) is 11.0. The molecule has 0 aliphatic rings. The van der Waals surface area contributed by atoms with Crippen molar-refractivity contribution in [1.29, 1.82) is 0 Å². The Morgan fingerprint density at radius 2 is 2.11 bits per heavy atom. The number of halogens is 1. The van der Waals surface area contributed by atoms with Gasteiger partial charge in [0.15, 0.2) is 0 Å². The van der Waals surface area contributed by atoms with E-state index in [1.165, 1.54) is 12.1 Å². The lowest BCUT2D eigenvalue weighted by molar-refractivity contribution is 0.0996. The molecule has 1 rings (SSSR count). The summed E-state index contributed by atoms with van der Waals surface area (Å²) in [7, 11) is 0. The molecule has 0 fully saturated rings. The minimum atomic E-state index is -0.874.